The van der Waals surface area contributed by atoms with Gasteiger partial charge >= 0.3 is 0 Å². The van der Waals surface area contributed by atoms with Crippen molar-refractivity contribution in [2.45, 2.75) is 36.1 Å². The van der Waals surface area contributed by atoms with Crippen molar-refractivity contribution in [1.29, 1.82) is 0 Å². The highest BCUT2D eigenvalue weighted by Crippen LogP contribution is 2.38. The van der Waals surface area contributed by atoms with Gasteiger partial charge in [-0.2, -0.15) is 0 Å². The molecule has 1 fully saturated rings. The van der Waals surface area contributed by atoms with Gasteiger partial charge in [0.1, 0.15) is 5.75 Å². The van der Waals surface area contributed by atoms with E-state index in [1.807, 2.05) is 24.3 Å². The Balaban J connectivity index is 1.49. The molecule has 0 spiro atoms. The quantitative estimate of drug-likeness (QED) is 0.187. The number of nitrogens with zero attached hydrogens (tertiary/aromatic N) is 2. The van der Waals surface area contributed by atoms with Gasteiger partial charge in [0.05, 0.1) is 15.6 Å². The number of carbonyl (C=O) groups is 1. The number of hydrogen-bond acceptors (Lipinski definition) is 4. The van der Waals surface area contributed by atoms with Gasteiger partial charge in [0, 0.05) is 34.3 Å². The van der Waals surface area contributed by atoms with Crippen LogP contribution in [0.5, 0.6) is 5.75 Å². The maximum atomic E-state index is 14.1. The van der Waals surface area contributed by atoms with Crippen molar-refractivity contribution < 1.29 is 9.90 Å². The van der Waals surface area contributed by atoms with Crippen molar-refractivity contribution in [2.24, 2.45) is 0 Å². The molecule has 5 aromatic rings. The van der Waals surface area contributed by atoms with E-state index < -0.39 is 0 Å². The van der Waals surface area contributed by atoms with E-state index in [0.29, 0.717) is 22.3 Å². The van der Waals surface area contributed by atoms with Crippen LogP contribution in [0.3, 0.4) is 0 Å². The Hall–Kier alpha value is -3.26. The summed E-state index contributed by atoms with van der Waals surface area (Å²) in [4.78, 5) is 17.5. The second-order valence-corrected chi connectivity index (χ2v) is 12.4. The predicted molar refractivity (Wildman–Crippen MR) is 168 cm³/mol. The summed E-state index contributed by atoms with van der Waals surface area (Å²) in [5, 5.41) is 17.2. The molecule has 1 aromatic heterocycles. The first-order chi connectivity index (χ1) is 19.5. The van der Waals surface area contributed by atoms with Gasteiger partial charge in [-0.25, -0.2) is 0 Å². The molecule has 204 valence electrons. The van der Waals surface area contributed by atoms with Crippen LogP contribution in [0.15, 0.2) is 94.3 Å². The smallest absolute Gasteiger partial charge is 0.253 e. The van der Waals surface area contributed by atoms with E-state index >= 15 is 0 Å². The lowest BCUT2D eigenvalue weighted by atomic mass is 10.0. The normalized spacial score (nSPS) is 14.7. The van der Waals surface area contributed by atoms with Crippen LogP contribution >= 0.6 is 27.7 Å². The van der Waals surface area contributed by atoms with Crippen molar-refractivity contribution in [3.8, 4) is 5.75 Å². The number of thioether (sulfide) groups is 1. The summed E-state index contributed by atoms with van der Waals surface area (Å²) in [6.07, 6.45) is 1.86. The third-order valence-electron chi connectivity index (χ3n) is 7.85. The largest absolute Gasteiger partial charge is 0.507 e. The number of aromatic nitrogens is 1. The Morgan fingerprint density at radius 2 is 1.70 bits per heavy atom. The number of likely N-dealkylation sites (tertiary alicyclic amines) is 1. The average Bonchev–Trinajstić information content (AvgIpc) is 3.25. The van der Waals surface area contributed by atoms with Crippen LogP contribution < -0.4 is 5.32 Å². The summed E-state index contributed by atoms with van der Waals surface area (Å²) in [6.45, 7) is 2.55. The lowest BCUT2D eigenvalue weighted by Gasteiger charge is -2.29. The number of hydrogen-bond donors (Lipinski definition) is 2. The summed E-state index contributed by atoms with van der Waals surface area (Å²) in [7, 11) is 2.12. The number of rotatable bonds is 7. The van der Waals surface area contributed by atoms with E-state index in [1.54, 1.807) is 17.8 Å². The Morgan fingerprint density at radius 3 is 2.50 bits per heavy atom. The number of phenols is 1. The van der Waals surface area contributed by atoms with Crippen LogP contribution in [0, 0.1) is 0 Å². The molecule has 0 bridgehead atoms. The fraction of sp³-hybridized carbons (Fsp3) is 0.242. The van der Waals surface area contributed by atoms with Crippen molar-refractivity contribution in [3.05, 3.63) is 106 Å². The topological polar surface area (TPSA) is 57.5 Å². The van der Waals surface area contributed by atoms with Gasteiger partial charge in [-0.15, -0.1) is 11.8 Å². The maximum Gasteiger partial charge on any atom is 0.253 e. The summed E-state index contributed by atoms with van der Waals surface area (Å²) >= 11 is 5.26. The highest BCUT2D eigenvalue weighted by Gasteiger charge is 2.27. The highest BCUT2D eigenvalue weighted by molar-refractivity contribution is 9.10. The molecule has 0 aliphatic carbocycles. The number of aromatic hydroxyl groups is 1. The third-order valence-corrected chi connectivity index (χ3v) is 9.51. The number of halogens is 1. The molecule has 1 aliphatic rings. The number of piperidine rings is 1. The molecule has 0 unspecified atom stereocenters. The van der Waals surface area contributed by atoms with Crippen LogP contribution in [0.1, 0.15) is 34.5 Å². The van der Waals surface area contributed by atoms with Crippen LogP contribution in [0.4, 0.5) is 0 Å². The maximum absolute atomic E-state index is 14.1. The van der Waals surface area contributed by atoms with Crippen molar-refractivity contribution in [1.82, 2.24) is 14.8 Å². The molecule has 0 radical (unpaired) electrons. The molecular formula is C33H32BrN3O2S. The Morgan fingerprint density at radius 1 is 0.975 bits per heavy atom. The van der Waals surface area contributed by atoms with Gasteiger partial charge < -0.3 is 19.9 Å². The number of amides is 1. The molecule has 1 aliphatic heterocycles. The molecule has 5 nitrogen and oxygen atoms in total. The second-order valence-electron chi connectivity index (χ2n) is 10.5. The molecule has 7 heteroatoms. The summed E-state index contributed by atoms with van der Waals surface area (Å²) in [6, 6.07) is 28.9. The standard InChI is InChI=1S/C33H32BrN3O2S/c1-36-16-14-24(15-17-36)35-33(39)32-27-18-31(38)28(34)19-29(27)37(30(32)21-40-25-11-3-2-4-12-25)20-23-10-7-9-22-8-5-6-13-26(22)23/h2-13,18-19,24,38H,14-17,20-21H2,1H3,(H,35,39). The fourth-order valence-corrected chi connectivity index (χ4v) is 6.96. The van der Waals surface area contributed by atoms with Crippen LogP contribution in [0.2, 0.25) is 0 Å². The minimum atomic E-state index is -0.0680. The van der Waals surface area contributed by atoms with E-state index in [-0.39, 0.29) is 17.7 Å². The molecule has 1 saturated heterocycles. The first-order valence-corrected chi connectivity index (χ1v) is 15.4. The number of carbonyl (C=O) groups excluding carboxylic acids is 1. The van der Waals surface area contributed by atoms with E-state index in [9.17, 15) is 9.90 Å². The first kappa shape index (κ1) is 26.9. The first-order valence-electron chi connectivity index (χ1n) is 13.7. The average molecular weight is 615 g/mol. The summed E-state index contributed by atoms with van der Waals surface area (Å²) in [5.41, 5.74) is 3.72. The van der Waals surface area contributed by atoms with Crippen LogP contribution in [0.25, 0.3) is 21.7 Å². The molecule has 2 heterocycles. The van der Waals surface area contributed by atoms with Gasteiger partial charge in [0.2, 0.25) is 0 Å². The zero-order valence-electron chi connectivity index (χ0n) is 22.4. The summed E-state index contributed by atoms with van der Waals surface area (Å²) < 4.78 is 2.88. The fourth-order valence-electron chi connectivity index (χ4n) is 5.67. The second kappa shape index (κ2) is 11.7. The van der Waals surface area contributed by atoms with E-state index in [0.717, 1.165) is 47.4 Å². The monoisotopic (exact) mass is 613 g/mol. The molecule has 0 atom stereocenters. The molecular weight excluding hydrogens is 582 g/mol. The van der Waals surface area contributed by atoms with Crippen LogP contribution in [-0.4, -0.2) is 46.7 Å². The minimum Gasteiger partial charge on any atom is -0.507 e. The molecule has 0 saturated carbocycles. The SMILES string of the molecule is CN1CCC(NC(=O)c2c(CSc3ccccc3)n(Cc3cccc4ccccc34)c3cc(Br)c(O)cc23)CC1. The molecule has 2 N–H and O–H groups in total. The van der Waals surface area contributed by atoms with Crippen LogP contribution in [-0.2, 0) is 12.3 Å². The number of nitrogens with one attached hydrogen (secondary N) is 1. The number of phenolic OH excluding ortho intramolecular Hbond substituents is 1. The van der Waals surface area contributed by atoms with E-state index in [4.69, 9.17) is 0 Å². The van der Waals surface area contributed by atoms with E-state index in [2.05, 4.69) is 92.4 Å². The predicted octanol–water partition coefficient (Wildman–Crippen LogP) is 7.43. The zero-order valence-corrected chi connectivity index (χ0v) is 24.8. The van der Waals surface area contributed by atoms with Gasteiger partial charge in [0.15, 0.2) is 0 Å². The highest BCUT2D eigenvalue weighted by atomic mass is 79.9. The van der Waals surface area contributed by atoms with Crippen molar-refractivity contribution in [3.63, 3.8) is 0 Å². The molecule has 4 aromatic carbocycles. The van der Waals surface area contributed by atoms with Gasteiger partial charge in [0.25, 0.3) is 5.91 Å². The molecule has 1 amide bonds. The number of fused-ring (bicyclic) bond motifs is 2. The Kier molecular flexibility index (Phi) is 7.87. The van der Waals surface area contributed by atoms with Gasteiger partial charge in [-0.3, -0.25) is 4.79 Å². The zero-order chi connectivity index (χ0) is 27.6. The molecule has 6 rings (SSSR count). The van der Waals surface area contributed by atoms with E-state index in [1.165, 1.54) is 16.3 Å². The van der Waals surface area contributed by atoms with Crippen molar-refractivity contribution in [2.75, 3.05) is 20.1 Å². The molecule has 40 heavy (non-hydrogen) atoms. The lowest BCUT2D eigenvalue weighted by Crippen LogP contribution is -2.43. The van der Waals surface area contributed by atoms with Gasteiger partial charge in [-0.05, 0) is 89.5 Å². The minimum absolute atomic E-state index is 0.0680. The Bertz CT molecular complexity index is 1670. The lowest BCUT2D eigenvalue weighted by molar-refractivity contribution is 0.0917. The summed E-state index contributed by atoms with van der Waals surface area (Å²) in [5.74, 6) is 0.685. The van der Waals surface area contributed by atoms with Crippen molar-refractivity contribution >= 4 is 55.3 Å². The number of benzene rings is 4. The Labute approximate surface area is 247 Å². The van der Waals surface area contributed by atoms with Gasteiger partial charge in [-0.1, -0.05) is 60.7 Å². The third kappa shape index (κ3) is 5.51.